The Kier molecular flexibility index (Phi) is 5.54. The summed E-state index contributed by atoms with van der Waals surface area (Å²) < 4.78 is 16.3. The van der Waals surface area contributed by atoms with Gasteiger partial charge in [0.15, 0.2) is 5.82 Å². The van der Waals surface area contributed by atoms with Crippen molar-refractivity contribution in [2.45, 2.75) is 69.9 Å². The van der Waals surface area contributed by atoms with Crippen LogP contribution in [-0.4, -0.2) is 31.7 Å². The summed E-state index contributed by atoms with van der Waals surface area (Å²) in [7, 11) is 0. The first-order valence-corrected chi connectivity index (χ1v) is 10.2. The van der Waals surface area contributed by atoms with Crippen LogP contribution in [0, 0.1) is 11.7 Å². The van der Waals surface area contributed by atoms with Gasteiger partial charge in [0.1, 0.15) is 11.4 Å². The van der Waals surface area contributed by atoms with Crippen LogP contribution in [-0.2, 0) is 4.79 Å². The fourth-order valence-corrected chi connectivity index (χ4v) is 4.39. The maximum atomic E-state index is 14.4. The predicted molar refractivity (Wildman–Crippen MR) is 104 cm³/mol. The van der Waals surface area contributed by atoms with Crippen LogP contribution in [0.15, 0.2) is 18.5 Å². The molecule has 0 aliphatic heterocycles. The molecule has 150 valence electrons. The van der Waals surface area contributed by atoms with E-state index >= 15 is 0 Å². The quantitative estimate of drug-likeness (QED) is 0.820. The Morgan fingerprint density at radius 3 is 2.79 bits per heavy atom. The van der Waals surface area contributed by atoms with Crippen molar-refractivity contribution in [3.63, 3.8) is 0 Å². The SMILES string of the molecule is NC(=O)C1CCC[C@H](Nc2ncc(F)c(-c3ccn(C4CCCCC4)n3)n2)C1. The van der Waals surface area contributed by atoms with Crippen LogP contribution in [0.5, 0.6) is 0 Å². The number of primary amides is 1. The van der Waals surface area contributed by atoms with Gasteiger partial charge in [-0.2, -0.15) is 5.10 Å². The van der Waals surface area contributed by atoms with E-state index in [4.69, 9.17) is 5.73 Å². The number of carbonyl (C=O) groups excluding carboxylic acids is 1. The number of anilines is 1. The highest BCUT2D eigenvalue weighted by atomic mass is 19.1. The van der Waals surface area contributed by atoms with Crippen LogP contribution in [0.4, 0.5) is 10.3 Å². The van der Waals surface area contributed by atoms with Gasteiger partial charge in [-0.05, 0) is 38.2 Å². The Bertz CT molecular complexity index is 832. The first kappa shape index (κ1) is 18.8. The molecule has 0 aromatic carbocycles. The Labute approximate surface area is 163 Å². The first-order chi connectivity index (χ1) is 13.6. The molecule has 7 nitrogen and oxygen atoms in total. The predicted octanol–water partition coefficient (Wildman–Crippen LogP) is 3.44. The second kappa shape index (κ2) is 8.24. The topological polar surface area (TPSA) is 98.7 Å². The second-order valence-corrected chi connectivity index (χ2v) is 7.97. The number of nitrogens with two attached hydrogens (primary N) is 1. The van der Waals surface area contributed by atoms with Gasteiger partial charge in [-0.15, -0.1) is 0 Å². The zero-order valence-corrected chi connectivity index (χ0v) is 16.0. The van der Waals surface area contributed by atoms with E-state index in [0.29, 0.717) is 24.1 Å². The van der Waals surface area contributed by atoms with E-state index in [0.717, 1.165) is 32.1 Å². The van der Waals surface area contributed by atoms with Crippen molar-refractivity contribution in [2.24, 2.45) is 11.7 Å². The highest BCUT2D eigenvalue weighted by Crippen LogP contribution is 2.30. The number of aromatic nitrogens is 4. The zero-order chi connectivity index (χ0) is 19.5. The zero-order valence-electron chi connectivity index (χ0n) is 16.0. The maximum Gasteiger partial charge on any atom is 0.223 e. The van der Waals surface area contributed by atoms with Crippen LogP contribution in [0.2, 0.25) is 0 Å². The van der Waals surface area contributed by atoms with Crippen LogP contribution in [0.3, 0.4) is 0 Å². The van der Waals surface area contributed by atoms with Gasteiger partial charge in [-0.3, -0.25) is 9.48 Å². The van der Waals surface area contributed by atoms with E-state index in [-0.39, 0.29) is 23.6 Å². The average Bonchev–Trinajstić information content (AvgIpc) is 3.20. The van der Waals surface area contributed by atoms with Gasteiger partial charge < -0.3 is 11.1 Å². The van der Waals surface area contributed by atoms with Gasteiger partial charge in [0.05, 0.1) is 12.2 Å². The number of hydrogen-bond acceptors (Lipinski definition) is 5. The summed E-state index contributed by atoms with van der Waals surface area (Å²) in [4.78, 5) is 19.9. The summed E-state index contributed by atoms with van der Waals surface area (Å²) in [6.45, 7) is 0. The molecule has 2 aromatic heterocycles. The van der Waals surface area contributed by atoms with Crippen LogP contribution < -0.4 is 11.1 Å². The van der Waals surface area contributed by atoms with Crippen molar-refractivity contribution in [1.29, 1.82) is 0 Å². The van der Waals surface area contributed by atoms with Crippen LogP contribution >= 0.6 is 0 Å². The van der Waals surface area contributed by atoms with E-state index in [2.05, 4.69) is 20.4 Å². The molecule has 4 rings (SSSR count). The molecule has 3 N–H and O–H groups in total. The van der Waals surface area contributed by atoms with Crippen molar-refractivity contribution in [3.8, 4) is 11.4 Å². The number of carbonyl (C=O) groups is 1. The van der Waals surface area contributed by atoms with Crippen LogP contribution in [0.25, 0.3) is 11.4 Å². The summed E-state index contributed by atoms with van der Waals surface area (Å²) in [6.07, 6.45) is 12.3. The third-order valence-corrected chi connectivity index (χ3v) is 5.95. The van der Waals surface area contributed by atoms with E-state index in [1.165, 1.54) is 25.5 Å². The monoisotopic (exact) mass is 386 g/mol. The van der Waals surface area contributed by atoms with Crippen LogP contribution in [0.1, 0.15) is 63.8 Å². The lowest BCUT2D eigenvalue weighted by Crippen LogP contribution is -2.34. The molecule has 2 aliphatic carbocycles. The molecular weight excluding hydrogens is 359 g/mol. The van der Waals surface area contributed by atoms with Crippen molar-refractivity contribution in [3.05, 3.63) is 24.3 Å². The number of nitrogens with one attached hydrogen (secondary N) is 1. The van der Waals surface area contributed by atoms with E-state index in [9.17, 15) is 9.18 Å². The summed E-state index contributed by atoms with van der Waals surface area (Å²) in [5.41, 5.74) is 6.17. The lowest BCUT2D eigenvalue weighted by molar-refractivity contribution is -0.122. The Morgan fingerprint density at radius 1 is 1.18 bits per heavy atom. The van der Waals surface area contributed by atoms with E-state index < -0.39 is 5.82 Å². The van der Waals surface area contributed by atoms with Gasteiger partial charge in [-0.1, -0.05) is 25.7 Å². The summed E-state index contributed by atoms with van der Waals surface area (Å²) in [6, 6.07) is 2.26. The summed E-state index contributed by atoms with van der Waals surface area (Å²) >= 11 is 0. The van der Waals surface area contributed by atoms with Crippen molar-refractivity contribution >= 4 is 11.9 Å². The summed E-state index contributed by atoms with van der Waals surface area (Å²) in [5, 5.41) is 7.83. The molecule has 2 aliphatic rings. The number of hydrogen-bond donors (Lipinski definition) is 2. The number of nitrogens with zero attached hydrogens (tertiary/aromatic N) is 4. The fraction of sp³-hybridized carbons (Fsp3) is 0.600. The van der Waals surface area contributed by atoms with Gasteiger partial charge in [-0.25, -0.2) is 14.4 Å². The molecule has 2 atom stereocenters. The molecule has 1 amide bonds. The standard InChI is InChI=1S/C20H27FN6O/c21-16-12-23-20(24-14-6-4-5-13(11-14)19(22)28)25-18(16)17-9-10-27(26-17)15-7-2-1-3-8-15/h9-10,12-15H,1-8,11H2,(H2,22,28)(H,23,24,25)/t13?,14-/m0/s1. The smallest absolute Gasteiger partial charge is 0.223 e. The molecule has 2 saturated carbocycles. The number of amides is 1. The molecule has 0 spiro atoms. The number of rotatable bonds is 5. The molecule has 2 heterocycles. The lowest BCUT2D eigenvalue weighted by Gasteiger charge is -2.27. The minimum Gasteiger partial charge on any atom is -0.369 e. The Morgan fingerprint density at radius 2 is 2.00 bits per heavy atom. The largest absolute Gasteiger partial charge is 0.369 e. The van der Waals surface area contributed by atoms with Crippen molar-refractivity contribution < 1.29 is 9.18 Å². The average molecular weight is 386 g/mol. The lowest BCUT2D eigenvalue weighted by atomic mass is 9.85. The third-order valence-electron chi connectivity index (χ3n) is 5.95. The fourth-order valence-electron chi connectivity index (χ4n) is 4.39. The summed E-state index contributed by atoms with van der Waals surface area (Å²) in [5.74, 6) is -0.519. The van der Waals surface area contributed by atoms with Gasteiger partial charge in [0.25, 0.3) is 0 Å². The normalized spacial score (nSPS) is 23.5. The molecule has 2 aromatic rings. The first-order valence-electron chi connectivity index (χ1n) is 10.2. The van der Waals surface area contributed by atoms with Gasteiger partial charge in [0, 0.05) is 18.2 Å². The van der Waals surface area contributed by atoms with Gasteiger partial charge >= 0.3 is 0 Å². The molecule has 8 heteroatoms. The number of halogens is 1. The molecule has 0 bridgehead atoms. The van der Waals surface area contributed by atoms with Crippen molar-refractivity contribution in [1.82, 2.24) is 19.7 Å². The minimum atomic E-state index is -0.488. The molecule has 1 unspecified atom stereocenters. The van der Waals surface area contributed by atoms with Crippen molar-refractivity contribution in [2.75, 3.05) is 5.32 Å². The third kappa shape index (κ3) is 4.15. The molecule has 0 radical (unpaired) electrons. The molecule has 2 fully saturated rings. The molecule has 28 heavy (non-hydrogen) atoms. The highest BCUT2D eigenvalue weighted by molar-refractivity contribution is 5.76. The van der Waals surface area contributed by atoms with E-state index in [1.54, 1.807) is 0 Å². The Hall–Kier alpha value is -2.51. The molecule has 0 saturated heterocycles. The highest BCUT2D eigenvalue weighted by Gasteiger charge is 2.26. The van der Waals surface area contributed by atoms with E-state index in [1.807, 2.05) is 16.9 Å². The Balaban J connectivity index is 1.49. The minimum absolute atomic E-state index is 0.0596. The molecular formula is C20H27FN6O. The van der Waals surface area contributed by atoms with Gasteiger partial charge in [0.2, 0.25) is 11.9 Å². The second-order valence-electron chi connectivity index (χ2n) is 7.97. The maximum absolute atomic E-state index is 14.4.